The van der Waals surface area contributed by atoms with Gasteiger partial charge in [-0.15, -0.1) is 0 Å². The standard InChI is InChI=1S/C16H18N2O3/c1-11(19)9-17-15(20)10-18-16(21)14-7-6-12-4-2-3-5-13(12)8-14/h2-8,11,19H,9-10H2,1H3,(H,17,20)(H,18,21)/t11-/m1/s1. The van der Waals surface area contributed by atoms with Crippen LogP contribution < -0.4 is 10.6 Å². The molecular weight excluding hydrogens is 268 g/mol. The van der Waals surface area contributed by atoms with Gasteiger partial charge in [0.25, 0.3) is 5.91 Å². The summed E-state index contributed by atoms with van der Waals surface area (Å²) in [5.41, 5.74) is 0.511. The average molecular weight is 286 g/mol. The Labute approximate surface area is 123 Å². The van der Waals surface area contributed by atoms with Crippen LogP contribution in [0.5, 0.6) is 0 Å². The Bertz CT molecular complexity index is 653. The van der Waals surface area contributed by atoms with Crippen LogP contribution in [-0.4, -0.2) is 36.1 Å². The summed E-state index contributed by atoms with van der Waals surface area (Å²) < 4.78 is 0. The highest BCUT2D eigenvalue weighted by Gasteiger charge is 2.09. The topological polar surface area (TPSA) is 78.4 Å². The number of benzene rings is 2. The number of carbonyl (C=O) groups is 2. The molecule has 5 heteroatoms. The molecule has 2 rings (SSSR count). The molecule has 110 valence electrons. The van der Waals surface area contributed by atoms with Crippen molar-refractivity contribution in [3.05, 3.63) is 48.0 Å². The monoisotopic (exact) mass is 286 g/mol. The minimum Gasteiger partial charge on any atom is -0.392 e. The molecule has 3 N–H and O–H groups in total. The van der Waals surface area contributed by atoms with E-state index in [1.807, 2.05) is 30.3 Å². The van der Waals surface area contributed by atoms with E-state index in [4.69, 9.17) is 5.11 Å². The average Bonchev–Trinajstić information content (AvgIpc) is 2.50. The van der Waals surface area contributed by atoms with Gasteiger partial charge < -0.3 is 15.7 Å². The lowest BCUT2D eigenvalue weighted by atomic mass is 10.1. The fraction of sp³-hybridized carbons (Fsp3) is 0.250. The van der Waals surface area contributed by atoms with E-state index in [9.17, 15) is 9.59 Å². The van der Waals surface area contributed by atoms with Crippen molar-refractivity contribution >= 4 is 22.6 Å². The van der Waals surface area contributed by atoms with Gasteiger partial charge >= 0.3 is 0 Å². The zero-order valence-corrected chi connectivity index (χ0v) is 11.8. The number of rotatable bonds is 5. The van der Waals surface area contributed by atoms with Gasteiger partial charge in [0.05, 0.1) is 12.6 Å². The molecular formula is C16H18N2O3. The first kappa shape index (κ1) is 15.0. The molecule has 0 heterocycles. The van der Waals surface area contributed by atoms with Crippen LogP contribution in [0.3, 0.4) is 0 Å². The second-order valence-electron chi connectivity index (χ2n) is 4.90. The molecule has 1 atom stereocenters. The summed E-state index contributed by atoms with van der Waals surface area (Å²) in [6, 6.07) is 13.1. The Kier molecular flexibility index (Phi) is 4.90. The first-order chi connectivity index (χ1) is 10.1. The van der Waals surface area contributed by atoms with E-state index in [0.29, 0.717) is 5.56 Å². The number of amides is 2. The smallest absolute Gasteiger partial charge is 0.251 e. The molecule has 0 aliphatic carbocycles. The van der Waals surface area contributed by atoms with Crippen molar-refractivity contribution in [3.8, 4) is 0 Å². The lowest BCUT2D eigenvalue weighted by Gasteiger charge is -2.08. The molecule has 5 nitrogen and oxygen atoms in total. The number of hydrogen-bond acceptors (Lipinski definition) is 3. The summed E-state index contributed by atoms with van der Waals surface area (Å²) >= 11 is 0. The van der Waals surface area contributed by atoms with Gasteiger partial charge in [0.15, 0.2) is 0 Å². The molecule has 0 aliphatic heterocycles. The number of fused-ring (bicyclic) bond motifs is 1. The Balaban J connectivity index is 1.94. The van der Waals surface area contributed by atoms with E-state index in [2.05, 4.69) is 10.6 Å². The molecule has 0 aliphatic rings. The molecule has 0 spiro atoms. The van der Waals surface area contributed by atoms with Gasteiger partial charge in [-0.3, -0.25) is 9.59 Å². The highest BCUT2D eigenvalue weighted by Crippen LogP contribution is 2.15. The normalized spacial score (nSPS) is 11.9. The van der Waals surface area contributed by atoms with E-state index in [-0.39, 0.29) is 24.9 Å². The third-order valence-electron chi connectivity index (χ3n) is 3.02. The van der Waals surface area contributed by atoms with Gasteiger partial charge in [0.2, 0.25) is 5.91 Å². The summed E-state index contributed by atoms with van der Waals surface area (Å²) in [6.45, 7) is 1.64. The molecule has 2 aromatic carbocycles. The van der Waals surface area contributed by atoms with E-state index in [0.717, 1.165) is 10.8 Å². The fourth-order valence-electron chi connectivity index (χ4n) is 1.92. The second-order valence-corrected chi connectivity index (χ2v) is 4.90. The van der Waals surface area contributed by atoms with Crippen molar-refractivity contribution in [1.29, 1.82) is 0 Å². The molecule has 2 amide bonds. The molecule has 21 heavy (non-hydrogen) atoms. The van der Waals surface area contributed by atoms with Crippen LogP contribution in [0.2, 0.25) is 0 Å². The molecule has 0 bridgehead atoms. The van der Waals surface area contributed by atoms with Crippen molar-refractivity contribution < 1.29 is 14.7 Å². The predicted molar refractivity (Wildman–Crippen MR) is 81.0 cm³/mol. The van der Waals surface area contributed by atoms with Gasteiger partial charge in [-0.2, -0.15) is 0 Å². The zero-order chi connectivity index (χ0) is 15.2. The molecule has 0 unspecified atom stereocenters. The highest BCUT2D eigenvalue weighted by molar-refractivity contribution is 5.99. The Hall–Kier alpha value is -2.40. The summed E-state index contributed by atoms with van der Waals surface area (Å²) in [5, 5.41) is 16.2. The maximum atomic E-state index is 12.0. The van der Waals surface area contributed by atoms with Crippen LogP contribution in [0.1, 0.15) is 17.3 Å². The van der Waals surface area contributed by atoms with Gasteiger partial charge in [-0.05, 0) is 29.8 Å². The van der Waals surface area contributed by atoms with Crippen LogP contribution in [0.25, 0.3) is 10.8 Å². The summed E-state index contributed by atoms with van der Waals surface area (Å²) in [7, 11) is 0. The first-order valence-electron chi connectivity index (χ1n) is 6.78. The number of aliphatic hydroxyl groups excluding tert-OH is 1. The number of nitrogens with one attached hydrogen (secondary N) is 2. The highest BCUT2D eigenvalue weighted by atomic mass is 16.3. The Morgan fingerprint density at radius 3 is 2.52 bits per heavy atom. The van der Waals surface area contributed by atoms with Crippen molar-refractivity contribution in [3.63, 3.8) is 0 Å². The SMILES string of the molecule is C[C@@H](O)CNC(=O)CNC(=O)c1ccc2ccccc2c1. The fourth-order valence-corrected chi connectivity index (χ4v) is 1.92. The van der Waals surface area contributed by atoms with Gasteiger partial charge in [-0.25, -0.2) is 0 Å². The van der Waals surface area contributed by atoms with E-state index in [1.54, 1.807) is 19.1 Å². The maximum Gasteiger partial charge on any atom is 0.251 e. The van der Waals surface area contributed by atoms with Crippen molar-refractivity contribution in [2.75, 3.05) is 13.1 Å². The third-order valence-corrected chi connectivity index (χ3v) is 3.02. The maximum absolute atomic E-state index is 12.0. The summed E-state index contributed by atoms with van der Waals surface area (Å²) in [5.74, 6) is -0.627. The van der Waals surface area contributed by atoms with Crippen molar-refractivity contribution in [1.82, 2.24) is 10.6 Å². The summed E-state index contributed by atoms with van der Waals surface area (Å²) in [4.78, 5) is 23.4. The minimum atomic E-state index is -0.606. The molecule has 0 saturated carbocycles. The Morgan fingerprint density at radius 1 is 1.10 bits per heavy atom. The van der Waals surface area contributed by atoms with Crippen LogP contribution in [0.4, 0.5) is 0 Å². The number of aliphatic hydroxyl groups is 1. The zero-order valence-electron chi connectivity index (χ0n) is 11.8. The molecule has 0 saturated heterocycles. The largest absolute Gasteiger partial charge is 0.392 e. The van der Waals surface area contributed by atoms with Crippen LogP contribution >= 0.6 is 0 Å². The second kappa shape index (κ2) is 6.85. The molecule has 0 radical (unpaired) electrons. The quantitative estimate of drug-likeness (QED) is 0.769. The predicted octanol–water partition coefficient (Wildman–Crippen LogP) is 1.07. The van der Waals surface area contributed by atoms with Crippen LogP contribution in [0, 0.1) is 0 Å². The lowest BCUT2D eigenvalue weighted by molar-refractivity contribution is -0.120. The Morgan fingerprint density at radius 2 is 1.81 bits per heavy atom. The minimum absolute atomic E-state index is 0.113. The van der Waals surface area contributed by atoms with Crippen molar-refractivity contribution in [2.24, 2.45) is 0 Å². The molecule has 0 fully saturated rings. The number of carbonyl (C=O) groups excluding carboxylic acids is 2. The first-order valence-corrected chi connectivity index (χ1v) is 6.78. The van der Waals surface area contributed by atoms with Crippen LogP contribution in [-0.2, 0) is 4.79 Å². The third kappa shape index (κ3) is 4.29. The molecule has 2 aromatic rings. The van der Waals surface area contributed by atoms with E-state index >= 15 is 0 Å². The van der Waals surface area contributed by atoms with Gasteiger partial charge in [0.1, 0.15) is 0 Å². The van der Waals surface area contributed by atoms with Crippen molar-refractivity contribution in [2.45, 2.75) is 13.0 Å². The summed E-state index contributed by atoms with van der Waals surface area (Å²) in [6.07, 6.45) is -0.606. The van der Waals surface area contributed by atoms with E-state index < -0.39 is 6.10 Å². The lowest BCUT2D eigenvalue weighted by Crippen LogP contribution is -2.39. The molecule has 0 aromatic heterocycles. The van der Waals surface area contributed by atoms with Crippen LogP contribution in [0.15, 0.2) is 42.5 Å². The van der Waals surface area contributed by atoms with E-state index in [1.165, 1.54) is 0 Å². The van der Waals surface area contributed by atoms with Gasteiger partial charge in [0, 0.05) is 12.1 Å². The number of hydrogen-bond donors (Lipinski definition) is 3. The van der Waals surface area contributed by atoms with Gasteiger partial charge in [-0.1, -0.05) is 30.3 Å².